The lowest BCUT2D eigenvalue weighted by molar-refractivity contribution is -0.116. The average Bonchev–Trinajstić information content (AvgIpc) is 3.19. The van der Waals surface area contributed by atoms with E-state index in [0.29, 0.717) is 11.3 Å². The lowest BCUT2D eigenvalue weighted by atomic mass is 10.0. The first-order valence-electron chi connectivity index (χ1n) is 8.85. The Morgan fingerprint density at radius 3 is 2.38 bits per heavy atom. The molecule has 132 valence electrons. The van der Waals surface area contributed by atoms with Crippen LogP contribution in [0.5, 0.6) is 0 Å². The van der Waals surface area contributed by atoms with E-state index in [4.69, 9.17) is 4.42 Å². The second kappa shape index (κ2) is 8.34. The molecule has 0 spiro atoms. The van der Waals surface area contributed by atoms with E-state index in [0.717, 1.165) is 17.5 Å². The Morgan fingerprint density at radius 2 is 1.77 bits per heavy atom. The molecule has 1 aromatic heterocycles. The second-order valence-electron chi connectivity index (χ2n) is 6.28. The van der Waals surface area contributed by atoms with E-state index in [9.17, 15) is 4.79 Å². The van der Waals surface area contributed by atoms with Gasteiger partial charge in [0.25, 0.3) is 5.91 Å². The van der Waals surface area contributed by atoms with Gasteiger partial charge in [0.1, 0.15) is 5.76 Å². The molecule has 1 amide bonds. The summed E-state index contributed by atoms with van der Waals surface area (Å²) in [6.45, 7) is 4.13. The molecule has 0 unspecified atom stereocenters. The molecule has 0 aliphatic rings. The molecule has 1 atom stereocenters. The third-order valence-electron chi connectivity index (χ3n) is 4.35. The van der Waals surface area contributed by atoms with Crippen molar-refractivity contribution in [1.82, 2.24) is 5.32 Å². The highest BCUT2D eigenvalue weighted by molar-refractivity contribution is 6.24. The summed E-state index contributed by atoms with van der Waals surface area (Å²) in [4.78, 5) is 13.1. The first kappa shape index (κ1) is 17.7. The Balaban J connectivity index is 1.88. The van der Waals surface area contributed by atoms with Gasteiger partial charge in [0.05, 0.1) is 17.9 Å². The number of carbonyl (C=O) groups excluding carboxylic acids is 1. The summed E-state index contributed by atoms with van der Waals surface area (Å²) < 4.78 is 5.41. The van der Waals surface area contributed by atoms with Crippen molar-refractivity contribution < 1.29 is 9.21 Å². The maximum atomic E-state index is 13.1. The molecule has 0 bridgehead atoms. The summed E-state index contributed by atoms with van der Waals surface area (Å²) in [5.41, 5.74) is 3.76. The van der Waals surface area contributed by atoms with E-state index in [1.165, 1.54) is 5.56 Å². The quantitative estimate of drug-likeness (QED) is 0.608. The Kier molecular flexibility index (Phi) is 5.69. The fraction of sp³-hybridized carbons (Fsp3) is 0.174. The monoisotopic (exact) mass is 345 g/mol. The van der Waals surface area contributed by atoms with Crippen molar-refractivity contribution in [2.75, 3.05) is 0 Å². The lowest BCUT2D eigenvalue weighted by Crippen LogP contribution is -2.28. The van der Waals surface area contributed by atoms with Crippen molar-refractivity contribution in [2.24, 2.45) is 0 Å². The van der Waals surface area contributed by atoms with Gasteiger partial charge in [0.2, 0.25) is 0 Å². The van der Waals surface area contributed by atoms with Gasteiger partial charge in [-0.1, -0.05) is 67.1 Å². The van der Waals surface area contributed by atoms with Crippen LogP contribution >= 0.6 is 0 Å². The molecule has 0 saturated heterocycles. The van der Waals surface area contributed by atoms with Crippen molar-refractivity contribution in [3.05, 3.63) is 95.4 Å². The fourth-order valence-corrected chi connectivity index (χ4v) is 2.87. The number of rotatable bonds is 6. The van der Waals surface area contributed by atoms with Crippen molar-refractivity contribution in [3.63, 3.8) is 0 Å². The number of hydrogen-bond donors (Lipinski definition) is 1. The predicted molar refractivity (Wildman–Crippen MR) is 105 cm³/mol. The summed E-state index contributed by atoms with van der Waals surface area (Å²) in [5.74, 6) is 0.544. The topological polar surface area (TPSA) is 42.2 Å². The third kappa shape index (κ3) is 4.31. The minimum Gasteiger partial charge on any atom is -0.465 e. The zero-order valence-electron chi connectivity index (χ0n) is 15.1. The van der Waals surface area contributed by atoms with Crippen LogP contribution in [0, 0.1) is 6.92 Å². The smallest absolute Gasteiger partial charge is 0.252 e. The minimum atomic E-state index is -0.111. The van der Waals surface area contributed by atoms with E-state index >= 15 is 0 Å². The summed E-state index contributed by atoms with van der Waals surface area (Å²) in [5, 5.41) is 3.16. The maximum Gasteiger partial charge on any atom is 0.252 e. The van der Waals surface area contributed by atoms with Crippen LogP contribution in [0.3, 0.4) is 0 Å². The van der Waals surface area contributed by atoms with E-state index < -0.39 is 0 Å². The Hall–Kier alpha value is -3.07. The van der Waals surface area contributed by atoms with Crippen LogP contribution in [0.15, 0.2) is 77.4 Å². The van der Waals surface area contributed by atoms with Crippen LogP contribution in [0.25, 0.3) is 11.6 Å². The third-order valence-corrected chi connectivity index (χ3v) is 4.35. The van der Waals surface area contributed by atoms with E-state index in [1.807, 2.05) is 42.5 Å². The molecular formula is C23H23NO2. The number of hydrogen-bond acceptors (Lipinski definition) is 2. The Bertz CT molecular complexity index is 862. The molecule has 3 rings (SSSR count). The number of furan rings is 1. The lowest BCUT2D eigenvalue weighted by Gasteiger charge is -2.19. The summed E-state index contributed by atoms with van der Waals surface area (Å²) >= 11 is 0. The second-order valence-corrected chi connectivity index (χ2v) is 6.28. The van der Waals surface area contributed by atoms with Gasteiger partial charge >= 0.3 is 0 Å². The van der Waals surface area contributed by atoms with Crippen molar-refractivity contribution >= 4 is 17.6 Å². The highest BCUT2D eigenvalue weighted by atomic mass is 16.3. The van der Waals surface area contributed by atoms with Crippen LogP contribution in [-0.2, 0) is 4.79 Å². The van der Waals surface area contributed by atoms with Gasteiger partial charge in [-0.25, -0.2) is 0 Å². The van der Waals surface area contributed by atoms with Gasteiger partial charge in [0.15, 0.2) is 0 Å². The van der Waals surface area contributed by atoms with Crippen molar-refractivity contribution in [1.29, 1.82) is 0 Å². The number of nitrogens with one attached hydrogen (secondary N) is 1. The standard InChI is InChI=1S/C23H23NO2/c1-3-22(19-13-11-17(2)12-14-19)24-23(25)21(16-20-10-7-15-26-20)18-8-5-4-6-9-18/h4-16,22H,3H2,1-2H3,(H,24,25)/b21-16+/t22-/m0/s1. The average molecular weight is 345 g/mol. The highest BCUT2D eigenvalue weighted by Gasteiger charge is 2.18. The molecular weight excluding hydrogens is 322 g/mol. The van der Waals surface area contributed by atoms with E-state index in [-0.39, 0.29) is 11.9 Å². The van der Waals surface area contributed by atoms with Crippen LogP contribution < -0.4 is 5.32 Å². The van der Waals surface area contributed by atoms with Gasteiger partial charge in [0, 0.05) is 0 Å². The molecule has 26 heavy (non-hydrogen) atoms. The summed E-state index contributed by atoms with van der Waals surface area (Å²) in [6.07, 6.45) is 4.21. The largest absolute Gasteiger partial charge is 0.465 e. The normalized spacial score (nSPS) is 12.6. The molecule has 0 fully saturated rings. The zero-order chi connectivity index (χ0) is 18.4. The molecule has 3 aromatic rings. The molecule has 0 aliphatic carbocycles. The number of carbonyl (C=O) groups is 1. The van der Waals surface area contributed by atoms with Gasteiger partial charge in [-0.3, -0.25) is 4.79 Å². The van der Waals surface area contributed by atoms with Gasteiger partial charge in [-0.2, -0.15) is 0 Å². The number of aryl methyl sites for hydroxylation is 1. The number of amides is 1. The molecule has 0 saturated carbocycles. The van der Waals surface area contributed by atoms with Crippen LogP contribution in [0.2, 0.25) is 0 Å². The Labute approximate surface area is 154 Å². The molecule has 3 heteroatoms. The predicted octanol–water partition coefficient (Wildman–Crippen LogP) is 5.40. The van der Waals surface area contributed by atoms with Crippen LogP contribution in [0.1, 0.15) is 41.8 Å². The highest BCUT2D eigenvalue weighted by Crippen LogP contribution is 2.22. The molecule has 1 N–H and O–H groups in total. The first-order valence-corrected chi connectivity index (χ1v) is 8.85. The summed E-state index contributed by atoms with van der Waals surface area (Å²) in [7, 11) is 0. The Morgan fingerprint density at radius 1 is 1.04 bits per heavy atom. The van der Waals surface area contributed by atoms with Crippen molar-refractivity contribution in [3.8, 4) is 0 Å². The van der Waals surface area contributed by atoms with E-state index in [2.05, 4.69) is 43.4 Å². The number of benzene rings is 2. The van der Waals surface area contributed by atoms with Crippen LogP contribution in [0.4, 0.5) is 0 Å². The maximum absolute atomic E-state index is 13.1. The van der Waals surface area contributed by atoms with E-state index in [1.54, 1.807) is 12.3 Å². The van der Waals surface area contributed by atoms with Gasteiger partial charge < -0.3 is 9.73 Å². The summed E-state index contributed by atoms with van der Waals surface area (Å²) in [6, 6.07) is 21.6. The SMILES string of the molecule is CC[C@H](NC(=O)/C(=C/c1ccco1)c1ccccc1)c1ccc(C)cc1. The zero-order valence-corrected chi connectivity index (χ0v) is 15.1. The first-order chi connectivity index (χ1) is 12.7. The fourth-order valence-electron chi connectivity index (χ4n) is 2.87. The molecule has 3 nitrogen and oxygen atoms in total. The van der Waals surface area contributed by atoms with Crippen LogP contribution in [-0.4, -0.2) is 5.91 Å². The molecule has 0 aliphatic heterocycles. The van der Waals surface area contributed by atoms with Gasteiger partial charge in [-0.05, 0) is 42.7 Å². The molecule has 2 aromatic carbocycles. The van der Waals surface area contributed by atoms with Gasteiger partial charge in [-0.15, -0.1) is 0 Å². The van der Waals surface area contributed by atoms with Crippen molar-refractivity contribution in [2.45, 2.75) is 26.3 Å². The minimum absolute atomic E-state index is 0.0354. The molecule has 1 heterocycles. The molecule has 0 radical (unpaired) electrons.